The number of aromatic carboxylic acids is 1. The number of hydrogen-bond acceptors (Lipinski definition) is 5. The molecule has 0 aliphatic heterocycles. The second-order valence-corrected chi connectivity index (χ2v) is 5.67. The Hall–Kier alpha value is -3.77. The van der Waals surface area contributed by atoms with E-state index in [0.717, 1.165) is 12.1 Å². The quantitative estimate of drug-likeness (QED) is 0.712. The van der Waals surface area contributed by atoms with Crippen molar-refractivity contribution in [2.24, 2.45) is 0 Å². The van der Waals surface area contributed by atoms with Gasteiger partial charge in [0.2, 0.25) is 0 Å². The molecule has 0 fully saturated rings. The van der Waals surface area contributed by atoms with E-state index >= 15 is 0 Å². The highest BCUT2D eigenvalue weighted by Gasteiger charge is 2.18. The van der Waals surface area contributed by atoms with Gasteiger partial charge in [-0.1, -0.05) is 11.6 Å². The van der Waals surface area contributed by atoms with Crippen LogP contribution in [-0.4, -0.2) is 31.7 Å². The van der Waals surface area contributed by atoms with Crippen molar-refractivity contribution in [1.82, 2.24) is 14.8 Å². The monoisotopic (exact) mass is 385 g/mol. The SMILES string of the molecule is N#Cc1ccn(-c2ccc(C(=O)Nc3cc(F)c(Cl)cc3C(=O)O)nn2)c1. The summed E-state index contributed by atoms with van der Waals surface area (Å²) in [6.45, 7) is 0. The van der Waals surface area contributed by atoms with Crippen molar-refractivity contribution < 1.29 is 19.1 Å². The Balaban J connectivity index is 1.84. The molecule has 0 radical (unpaired) electrons. The summed E-state index contributed by atoms with van der Waals surface area (Å²) in [6, 6.07) is 8.13. The highest BCUT2D eigenvalue weighted by atomic mass is 35.5. The van der Waals surface area contributed by atoms with Crippen LogP contribution in [0.4, 0.5) is 10.1 Å². The van der Waals surface area contributed by atoms with Gasteiger partial charge in [0.15, 0.2) is 11.5 Å². The van der Waals surface area contributed by atoms with E-state index in [2.05, 4.69) is 15.5 Å². The fraction of sp³-hybridized carbons (Fsp3) is 0. The highest BCUT2D eigenvalue weighted by molar-refractivity contribution is 6.31. The predicted molar refractivity (Wildman–Crippen MR) is 92.4 cm³/mol. The Morgan fingerprint density at radius 3 is 2.63 bits per heavy atom. The summed E-state index contributed by atoms with van der Waals surface area (Å²) < 4.78 is 15.2. The second-order valence-electron chi connectivity index (χ2n) is 5.27. The smallest absolute Gasteiger partial charge is 0.337 e. The average Bonchev–Trinajstić information content (AvgIpc) is 3.13. The van der Waals surface area contributed by atoms with Crippen molar-refractivity contribution in [1.29, 1.82) is 5.26 Å². The van der Waals surface area contributed by atoms with Gasteiger partial charge in [0, 0.05) is 12.4 Å². The van der Waals surface area contributed by atoms with Gasteiger partial charge in [-0.15, -0.1) is 10.2 Å². The molecule has 0 aliphatic rings. The molecule has 0 saturated heterocycles. The number of carboxylic acid groups (broad SMARTS) is 1. The molecule has 134 valence electrons. The van der Waals surface area contributed by atoms with Gasteiger partial charge in [-0.05, 0) is 30.3 Å². The van der Waals surface area contributed by atoms with Gasteiger partial charge in [-0.2, -0.15) is 5.26 Å². The van der Waals surface area contributed by atoms with E-state index in [0.29, 0.717) is 11.4 Å². The van der Waals surface area contributed by atoms with Gasteiger partial charge in [0.25, 0.3) is 5.91 Å². The molecule has 2 heterocycles. The zero-order valence-electron chi connectivity index (χ0n) is 13.3. The first-order valence-electron chi connectivity index (χ1n) is 7.35. The van der Waals surface area contributed by atoms with Crippen LogP contribution in [0.1, 0.15) is 26.4 Å². The van der Waals surface area contributed by atoms with Crippen molar-refractivity contribution in [3.05, 3.63) is 70.4 Å². The minimum Gasteiger partial charge on any atom is -0.478 e. The maximum absolute atomic E-state index is 13.6. The first kappa shape index (κ1) is 18.0. The van der Waals surface area contributed by atoms with Gasteiger partial charge in [-0.3, -0.25) is 4.79 Å². The van der Waals surface area contributed by atoms with Gasteiger partial charge >= 0.3 is 5.97 Å². The Kier molecular flexibility index (Phi) is 4.83. The van der Waals surface area contributed by atoms with Crippen molar-refractivity contribution in [3.8, 4) is 11.9 Å². The molecule has 1 aromatic carbocycles. The number of nitrogens with zero attached hydrogens (tertiary/aromatic N) is 4. The lowest BCUT2D eigenvalue weighted by Gasteiger charge is -2.09. The summed E-state index contributed by atoms with van der Waals surface area (Å²) in [7, 11) is 0. The molecular formula is C17H9ClFN5O3. The van der Waals surface area contributed by atoms with Crippen molar-refractivity contribution >= 4 is 29.2 Å². The summed E-state index contributed by atoms with van der Waals surface area (Å²) in [5.74, 6) is -2.66. The maximum atomic E-state index is 13.6. The first-order chi connectivity index (χ1) is 12.9. The van der Waals surface area contributed by atoms with Crippen molar-refractivity contribution in [3.63, 3.8) is 0 Å². The number of halogens is 2. The summed E-state index contributed by atoms with van der Waals surface area (Å²) in [6.07, 6.45) is 3.15. The lowest BCUT2D eigenvalue weighted by Crippen LogP contribution is -2.17. The third kappa shape index (κ3) is 3.75. The Morgan fingerprint density at radius 1 is 1.26 bits per heavy atom. The maximum Gasteiger partial charge on any atom is 0.337 e. The number of benzene rings is 1. The lowest BCUT2D eigenvalue weighted by atomic mass is 10.1. The van der Waals surface area contributed by atoms with Crippen LogP contribution in [0.3, 0.4) is 0 Å². The minimum absolute atomic E-state index is 0.113. The van der Waals surface area contributed by atoms with E-state index in [1.165, 1.54) is 12.1 Å². The Labute approximate surface area is 156 Å². The molecule has 3 rings (SSSR count). The van der Waals surface area contributed by atoms with E-state index in [4.69, 9.17) is 22.0 Å². The average molecular weight is 386 g/mol. The first-order valence-corrected chi connectivity index (χ1v) is 7.72. The topological polar surface area (TPSA) is 121 Å². The zero-order chi connectivity index (χ0) is 19.6. The van der Waals surface area contributed by atoms with Crippen LogP contribution in [0.25, 0.3) is 5.82 Å². The number of amides is 1. The highest BCUT2D eigenvalue weighted by Crippen LogP contribution is 2.24. The van der Waals surface area contributed by atoms with Crippen LogP contribution < -0.4 is 5.32 Å². The number of anilines is 1. The molecule has 0 bridgehead atoms. The van der Waals surface area contributed by atoms with E-state index in [9.17, 15) is 14.0 Å². The summed E-state index contributed by atoms with van der Waals surface area (Å²) in [5.41, 5.74) is -0.303. The summed E-state index contributed by atoms with van der Waals surface area (Å²) in [5, 5.41) is 27.5. The molecular weight excluding hydrogens is 377 g/mol. The van der Waals surface area contributed by atoms with Gasteiger partial charge < -0.3 is 15.0 Å². The van der Waals surface area contributed by atoms with Crippen LogP contribution in [0, 0.1) is 17.1 Å². The molecule has 10 heteroatoms. The molecule has 0 unspecified atom stereocenters. The van der Waals surface area contributed by atoms with Gasteiger partial charge in [-0.25, -0.2) is 9.18 Å². The number of rotatable bonds is 4. The van der Waals surface area contributed by atoms with Crippen molar-refractivity contribution in [2.45, 2.75) is 0 Å². The standard InChI is InChI=1S/C17H9ClFN5O3/c18-11-5-10(17(26)27)14(6-12(11)19)21-16(25)13-1-2-15(23-22-13)24-4-3-9(7-20)8-24/h1-6,8H,(H,21,25)(H,26,27). The van der Waals surface area contributed by atoms with E-state index in [-0.39, 0.29) is 22.0 Å². The largest absolute Gasteiger partial charge is 0.478 e. The van der Waals surface area contributed by atoms with Crippen LogP contribution in [0.5, 0.6) is 0 Å². The van der Waals surface area contributed by atoms with E-state index in [1.807, 2.05) is 6.07 Å². The number of nitrogens with one attached hydrogen (secondary N) is 1. The van der Waals surface area contributed by atoms with Crippen molar-refractivity contribution in [2.75, 3.05) is 5.32 Å². The fourth-order valence-corrected chi connectivity index (χ4v) is 2.37. The Morgan fingerprint density at radius 2 is 2.04 bits per heavy atom. The van der Waals surface area contributed by atoms with Crippen LogP contribution in [0.15, 0.2) is 42.7 Å². The van der Waals surface area contributed by atoms with Gasteiger partial charge in [0.05, 0.1) is 21.8 Å². The normalized spacial score (nSPS) is 10.3. The number of carboxylic acids is 1. The predicted octanol–water partition coefficient (Wildman–Crippen LogP) is 2.88. The molecule has 2 N–H and O–H groups in total. The van der Waals surface area contributed by atoms with Crippen LogP contribution >= 0.6 is 11.6 Å². The molecule has 0 aliphatic carbocycles. The molecule has 0 saturated carbocycles. The fourth-order valence-electron chi connectivity index (χ4n) is 2.20. The molecule has 27 heavy (non-hydrogen) atoms. The Bertz CT molecular complexity index is 1090. The number of aromatic nitrogens is 3. The molecule has 2 aromatic heterocycles. The third-order valence-corrected chi connectivity index (χ3v) is 3.80. The lowest BCUT2D eigenvalue weighted by molar-refractivity contribution is 0.0698. The summed E-state index contributed by atoms with van der Waals surface area (Å²) >= 11 is 5.58. The van der Waals surface area contributed by atoms with Gasteiger partial charge in [0.1, 0.15) is 11.9 Å². The molecule has 8 nitrogen and oxygen atoms in total. The number of hydrogen-bond donors (Lipinski definition) is 2. The van der Waals surface area contributed by atoms with Crippen LogP contribution in [0.2, 0.25) is 5.02 Å². The number of carbonyl (C=O) groups excluding carboxylic acids is 1. The molecule has 0 spiro atoms. The molecule has 1 amide bonds. The van der Waals surface area contributed by atoms with Crippen LogP contribution in [-0.2, 0) is 0 Å². The second kappa shape index (κ2) is 7.23. The third-order valence-electron chi connectivity index (χ3n) is 3.51. The van der Waals surface area contributed by atoms with E-state index < -0.39 is 17.7 Å². The molecule has 3 aromatic rings. The molecule has 0 atom stereocenters. The number of carbonyl (C=O) groups is 2. The zero-order valence-corrected chi connectivity index (χ0v) is 14.1. The number of nitriles is 1. The summed E-state index contributed by atoms with van der Waals surface area (Å²) in [4.78, 5) is 23.5. The minimum atomic E-state index is -1.38. The van der Waals surface area contributed by atoms with E-state index in [1.54, 1.807) is 23.0 Å².